The quantitative estimate of drug-likeness (QED) is 0.628. The predicted octanol–water partition coefficient (Wildman–Crippen LogP) is 3.65. The summed E-state index contributed by atoms with van der Waals surface area (Å²) in [4.78, 5) is 20.9. The molecule has 2 heterocycles. The van der Waals surface area contributed by atoms with Gasteiger partial charge < -0.3 is 5.32 Å². The number of hydrogen-bond acceptors (Lipinski definition) is 3. The molecule has 4 rings (SSSR count). The fourth-order valence-corrected chi connectivity index (χ4v) is 2.59. The summed E-state index contributed by atoms with van der Waals surface area (Å²) in [5.41, 5.74) is 3.09. The first-order chi connectivity index (χ1) is 11.8. The molecule has 0 aliphatic rings. The summed E-state index contributed by atoms with van der Waals surface area (Å²) in [5.74, 6) is 0.239. The van der Waals surface area contributed by atoms with Crippen LogP contribution in [0.3, 0.4) is 0 Å². The Labute approximate surface area is 138 Å². The van der Waals surface area contributed by atoms with Gasteiger partial charge in [-0.15, -0.1) is 0 Å². The number of rotatable bonds is 3. The van der Waals surface area contributed by atoms with Gasteiger partial charge in [-0.2, -0.15) is 0 Å². The van der Waals surface area contributed by atoms with Gasteiger partial charge in [0.1, 0.15) is 5.69 Å². The highest BCUT2D eigenvalue weighted by Crippen LogP contribution is 2.27. The lowest BCUT2D eigenvalue weighted by molar-refractivity contribution is 0.102. The molecule has 0 fully saturated rings. The number of para-hydroxylation sites is 1. The average molecular weight is 314 g/mol. The smallest absolute Gasteiger partial charge is 0.275 e. The zero-order valence-corrected chi connectivity index (χ0v) is 12.8. The Balaban J connectivity index is 1.67. The van der Waals surface area contributed by atoms with Crippen molar-refractivity contribution in [2.75, 3.05) is 5.32 Å². The molecule has 116 valence electrons. The summed E-state index contributed by atoms with van der Waals surface area (Å²) in [6, 6.07) is 19.4. The summed E-state index contributed by atoms with van der Waals surface area (Å²) in [5, 5.41) is 2.94. The van der Waals surface area contributed by atoms with Gasteiger partial charge in [0.25, 0.3) is 5.91 Å². The SMILES string of the molecule is O=C(Nc1ccccc1-c1ccccc1)c1cn2cccnc2n1. The molecular formula is C19H14N4O. The first kappa shape index (κ1) is 14.1. The molecule has 0 radical (unpaired) electrons. The zero-order valence-electron chi connectivity index (χ0n) is 12.8. The monoisotopic (exact) mass is 314 g/mol. The maximum absolute atomic E-state index is 12.6. The van der Waals surface area contributed by atoms with E-state index in [9.17, 15) is 4.79 Å². The summed E-state index contributed by atoms with van der Waals surface area (Å²) < 4.78 is 1.72. The largest absolute Gasteiger partial charge is 0.320 e. The second-order valence-electron chi connectivity index (χ2n) is 5.32. The molecular weight excluding hydrogens is 300 g/mol. The molecule has 4 aromatic rings. The fourth-order valence-electron chi connectivity index (χ4n) is 2.59. The number of aromatic nitrogens is 3. The van der Waals surface area contributed by atoms with Crippen molar-refractivity contribution in [2.24, 2.45) is 0 Å². The molecule has 0 aliphatic carbocycles. The molecule has 1 amide bonds. The van der Waals surface area contributed by atoms with Gasteiger partial charge in [0.2, 0.25) is 5.78 Å². The van der Waals surface area contributed by atoms with Crippen LogP contribution in [0.4, 0.5) is 5.69 Å². The lowest BCUT2D eigenvalue weighted by Crippen LogP contribution is -2.13. The standard InChI is InChI=1S/C19H14N4O/c24-18(17-13-23-12-6-11-20-19(23)22-17)21-16-10-5-4-9-15(16)14-7-2-1-3-8-14/h1-13H,(H,21,24). The summed E-state index contributed by atoms with van der Waals surface area (Å²) >= 11 is 0. The minimum Gasteiger partial charge on any atom is -0.320 e. The van der Waals surface area contributed by atoms with Gasteiger partial charge in [-0.3, -0.25) is 9.20 Å². The molecule has 0 bridgehead atoms. The highest BCUT2D eigenvalue weighted by Gasteiger charge is 2.13. The maximum Gasteiger partial charge on any atom is 0.275 e. The summed E-state index contributed by atoms with van der Waals surface area (Å²) in [6.45, 7) is 0. The first-order valence-corrected chi connectivity index (χ1v) is 7.57. The second kappa shape index (κ2) is 5.96. The summed E-state index contributed by atoms with van der Waals surface area (Å²) in [6.07, 6.45) is 5.13. The Morgan fingerprint density at radius 3 is 2.58 bits per heavy atom. The third-order valence-corrected chi connectivity index (χ3v) is 3.73. The number of fused-ring (bicyclic) bond motifs is 1. The van der Waals surface area contributed by atoms with Crippen molar-refractivity contribution in [3.63, 3.8) is 0 Å². The van der Waals surface area contributed by atoms with Crippen LogP contribution in [0.5, 0.6) is 0 Å². The van der Waals surface area contributed by atoms with E-state index in [2.05, 4.69) is 15.3 Å². The van der Waals surface area contributed by atoms with E-state index in [1.807, 2.05) is 60.8 Å². The minimum atomic E-state index is -0.260. The summed E-state index contributed by atoms with van der Waals surface area (Å²) in [7, 11) is 0. The Bertz CT molecular complexity index is 975. The first-order valence-electron chi connectivity index (χ1n) is 7.57. The van der Waals surface area contributed by atoms with E-state index < -0.39 is 0 Å². The molecule has 0 saturated carbocycles. The van der Waals surface area contributed by atoms with Crippen molar-refractivity contribution < 1.29 is 4.79 Å². The van der Waals surface area contributed by atoms with Crippen LogP contribution in [0.15, 0.2) is 79.3 Å². The van der Waals surface area contributed by atoms with E-state index in [-0.39, 0.29) is 5.91 Å². The molecule has 2 aromatic carbocycles. The van der Waals surface area contributed by atoms with Gasteiger partial charge in [-0.1, -0.05) is 48.5 Å². The zero-order chi connectivity index (χ0) is 16.4. The number of anilines is 1. The number of nitrogens with zero attached hydrogens (tertiary/aromatic N) is 3. The topological polar surface area (TPSA) is 59.3 Å². The van der Waals surface area contributed by atoms with Crippen molar-refractivity contribution in [2.45, 2.75) is 0 Å². The molecule has 5 heteroatoms. The maximum atomic E-state index is 12.6. The number of benzene rings is 2. The van der Waals surface area contributed by atoms with Crippen molar-refractivity contribution >= 4 is 17.4 Å². The van der Waals surface area contributed by atoms with E-state index in [0.717, 1.165) is 16.8 Å². The van der Waals surface area contributed by atoms with Crippen molar-refractivity contribution in [3.05, 3.63) is 84.9 Å². The van der Waals surface area contributed by atoms with Crippen LogP contribution in [0, 0.1) is 0 Å². The molecule has 5 nitrogen and oxygen atoms in total. The lowest BCUT2D eigenvalue weighted by atomic mass is 10.0. The van der Waals surface area contributed by atoms with Crippen LogP contribution >= 0.6 is 0 Å². The number of nitrogens with one attached hydrogen (secondary N) is 1. The molecule has 0 aliphatic heterocycles. The Hall–Kier alpha value is -3.47. The van der Waals surface area contributed by atoms with E-state index in [0.29, 0.717) is 11.5 Å². The Morgan fingerprint density at radius 1 is 0.958 bits per heavy atom. The minimum absolute atomic E-state index is 0.260. The second-order valence-corrected chi connectivity index (χ2v) is 5.32. The molecule has 0 unspecified atom stereocenters. The molecule has 24 heavy (non-hydrogen) atoms. The van der Waals surface area contributed by atoms with Gasteiger partial charge >= 0.3 is 0 Å². The van der Waals surface area contributed by atoms with E-state index in [1.54, 1.807) is 22.9 Å². The van der Waals surface area contributed by atoms with Crippen LogP contribution in [-0.4, -0.2) is 20.3 Å². The van der Waals surface area contributed by atoms with Crippen LogP contribution in [-0.2, 0) is 0 Å². The van der Waals surface area contributed by atoms with Crippen LogP contribution in [0.2, 0.25) is 0 Å². The molecule has 0 saturated heterocycles. The van der Waals surface area contributed by atoms with Crippen molar-refractivity contribution in [1.29, 1.82) is 0 Å². The predicted molar refractivity (Wildman–Crippen MR) is 92.8 cm³/mol. The number of carbonyl (C=O) groups excluding carboxylic acids is 1. The van der Waals surface area contributed by atoms with Gasteiger partial charge in [0.05, 0.1) is 0 Å². The third kappa shape index (κ3) is 2.63. The van der Waals surface area contributed by atoms with Crippen LogP contribution in [0.1, 0.15) is 10.5 Å². The van der Waals surface area contributed by atoms with Gasteiger partial charge in [0, 0.05) is 29.8 Å². The van der Waals surface area contributed by atoms with Gasteiger partial charge in [-0.05, 0) is 17.7 Å². The molecule has 1 N–H and O–H groups in total. The molecule has 2 aromatic heterocycles. The van der Waals surface area contributed by atoms with Crippen molar-refractivity contribution in [1.82, 2.24) is 14.4 Å². The van der Waals surface area contributed by atoms with Crippen molar-refractivity contribution in [3.8, 4) is 11.1 Å². The highest BCUT2D eigenvalue weighted by molar-refractivity contribution is 6.05. The van der Waals surface area contributed by atoms with E-state index in [4.69, 9.17) is 0 Å². The average Bonchev–Trinajstić information content (AvgIpc) is 3.07. The lowest BCUT2D eigenvalue weighted by Gasteiger charge is -2.10. The van der Waals surface area contributed by atoms with Gasteiger partial charge in [-0.25, -0.2) is 9.97 Å². The third-order valence-electron chi connectivity index (χ3n) is 3.73. The number of imidazole rings is 1. The normalized spacial score (nSPS) is 10.7. The van der Waals surface area contributed by atoms with Gasteiger partial charge in [0.15, 0.2) is 0 Å². The highest BCUT2D eigenvalue weighted by atomic mass is 16.1. The number of hydrogen-bond donors (Lipinski definition) is 1. The van der Waals surface area contributed by atoms with Crippen LogP contribution in [0.25, 0.3) is 16.9 Å². The number of carbonyl (C=O) groups is 1. The Kier molecular flexibility index (Phi) is 3.51. The Morgan fingerprint density at radius 2 is 1.75 bits per heavy atom. The molecule has 0 spiro atoms. The fraction of sp³-hybridized carbons (Fsp3) is 0. The number of amides is 1. The van der Waals surface area contributed by atoms with E-state index >= 15 is 0 Å². The van der Waals surface area contributed by atoms with E-state index in [1.165, 1.54) is 0 Å². The molecule has 0 atom stereocenters. The van der Waals surface area contributed by atoms with Crippen LogP contribution < -0.4 is 5.32 Å².